The fourth-order valence-electron chi connectivity index (χ4n) is 4.19. The zero-order valence-corrected chi connectivity index (χ0v) is 22.0. The molecule has 0 fully saturated rings. The number of hydrogen-bond acceptors (Lipinski definition) is 6. The Bertz CT molecular complexity index is 1780. The minimum atomic E-state index is -3.88. The van der Waals surface area contributed by atoms with Gasteiger partial charge in [0.25, 0.3) is 15.9 Å². The fourth-order valence-corrected chi connectivity index (χ4v) is 5.51. The van der Waals surface area contributed by atoms with Crippen LogP contribution < -0.4 is 10.0 Å². The second-order valence-electron chi connectivity index (χ2n) is 9.12. The minimum absolute atomic E-state index is 0.0722. The SMILES string of the molecule is Cc1cccc(NS(=O)(=O)c2cc(NC(=O)c3nnn(Cc4ccc5ncccc5c4)c3C)ccc2C)c1. The molecule has 0 atom stereocenters. The molecular weight excluding hydrogens is 500 g/mol. The highest BCUT2D eigenvalue weighted by Crippen LogP contribution is 2.24. The van der Waals surface area contributed by atoms with Gasteiger partial charge in [0, 0.05) is 23.0 Å². The first-order valence-corrected chi connectivity index (χ1v) is 13.4. The van der Waals surface area contributed by atoms with E-state index >= 15 is 0 Å². The zero-order chi connectivity index (χ0) is 26.9. The number of carbonyl (C=O) groups is 1. The highest BCUT2D eigenvalue weighted by molar-refractivity contribution is 7.92. The second kappa shape index (κ2) is 10.1. The molecule has 0 saturated heterocycles. The number of sulfonamides is 1. The molecular formula is C28H26N6O3S. The molecule has 0 bridgehead atoms. The van der Waals surface area contributed by atoms with Crippen molar-refractivity contribution >= 4 is 38.2 Å². The van der Waals surface area contributed by atoms with E-state index in [0.29, 0.717) is 29.2 Å². The van der Waals surface area contributed by atoms with Crippen molar-refractivity contribution in [3.63, 3.8) is 0 Å². The highest BCUT2D eigenvalue weighted by Gasteiger charge is 2.21. The van der Waals surface area contributed by atoms with Crippen LogP contribution in [0.15, 0.2) is 83.9 Å². The molecule has 5 rings (SSSR count). The summed E-state index contributed by atoms with van der Waals surface area (Å²) in [5.41, 5.74) is 4.94. The van der Waals surface area contributed by atoms with Crippen LogP contribution in [-0.2, 0) is 16.6 Å². The number of anilines is 2. The standard InChI is InChI=1S/C28H26N6O3S/c1-18-6-4-8-24(14-18)32-38(36,37)26-16-23(11-9-19(26)2)30-28(35)27-20(3)34(33-31-27)17-21-10-12-25-22(15-21)7-5-13-29-25/h4-16,32H,17H2,1-3H3,(H,30,35). The minimum Gasteiger partial charge on any atom is -0.320 e. The Morgan fingerprint density at radius 3 is 2.58 bits per heavy atom. The van der Waals surface area contributed by atoms with Crippen LogP contribution in [0.1, 0.15) is 32.9 Å². The van der Waals surface area contributed by atoms with Crippen molar-refractivity contribution in [2.75, 3.05) is 10.0 Å². The van der Waals surface area contributed by atoms with Crippen LogP contribution in [0, 0.1) is 20.8 Å². The summed E-state index contributed by atoms with van der Waals surface area (Å²) in [6.07, 6.45) is 1.75. The molecule has 2 heterocycles. The first-order valence-electron chi connectivity index (χ1n) is 11.9. The summed E-state index contributed by atoms with van der Waals surface area (Å²) >= 11 is 0. The molecule has 0 unspecified atom stereocenters. The highest BCUT2D eigenvalue weighted by atomic mass is 32.2. The van der Waals surface area contributed by atoms with Gasteiger partial charge in [-0.25, -0.2) is 13.1 Å². The first kappa shape index (κ1) is 25.1. The molecule has 2 N–H and O–H groups in total. The van der Waals surface area contributed by atoms with E-state index in [1.165, 1.54) is 6.07 Å². The summed E-state index contributed by atoms with van der Waals surface area (Å²) in [7, 11) is -3.88. The van der Waals surface area contributed by atoms with Crippen molar-refractivity contribution in [1.82, 2.24) is 20.0 Å². The molecule has 192 valence electrons. The fraction of sp³-hybridized carbons (Fsp3) is 0.143. The molecule has 5 aromatic rings. The van der Waals surface area contributed by atoms with Crippen molar-refractivity contribution in [2.45, 2.75) is 32.2 Å². The van der Waals surface area contributed by atoms with Gasteiger partial charge in [-0.05, 0) is 79.9 Å². The molecule has 0 aliphatic carbocycles. The average Bonchev–Trinajstić information content (AvgIpc) is 3.24. The molecule has 10 heteroatoms. The van der Waals surface area contributed by atoms with E-state index in [1.54, 1.807) is 55.1 Å². The lowest BCUT2D eigenvalue weighted by molar-refractivity contribution is 0.102. The summed E-state index contributed by atoms with van der Waals surface area (Å²) in [6, 6.07) is 21.7. The largest absolute Gasteiger partial charge is 0.320 e. The van der Waals surface area contributed by atoms with E-state index in [2.05, 4.69) is 25.3 Å². The van der Waals surface area contributed by atoms with Gasteiger partial charge < -0.3 is 5.32 Å². The van der Waals surface area contributed by atoms with Gasteiger partial charge >= 0.3 is 0 Å². The Balaban J connectivity index is 1.34. The van der Waals surface area contributed by atoms with Crippen molar-refractivity contribution in [1.29, 1.82) is 0 Å². The number of pyridine rings is 1. The van der Waals surface area contributed by atoms with Crippen molar-refractivity contribution in [2.24, 2.45) is 0 Å². The van der Waals surface area contributed by atoms with Crippen LogP contribution in [0.4, 0.5) is 11.4 Å². The smallest absolute Gasteiger partial charge is 0.278 e. The number of aromatic nitrogens is 4. The van der Waals surface area contributed by atoms with Crippen molar-refractivity contribution in [3.8, 4) is 0 Å². The molecule has 0 saturated carbocycles. The van der Waals surface area contributed by atoms with E-state index in [1.807, 2.05) is 43.3 Å². The summed E-state index contributed by atoms with van der Waals surface area (Å²) in [5, 5.41) is 12.0. The molecule has 0 spiro atoms. The number of carbonyl (C=O) groups excluding carboxylic acids is 1. The van der Waals surface area contributed by atoms with Crippen molar-refractivity contribution < 1.29 is 13.2 Å². The van der Waals surface area contributed by atoms with Gasteiger partial charge in [-0.3, -0.25) is 14.5 Å². The normalized spacial score (nSPS) is 11.4. The molecule has 3 aromatic carbocycles. The number of nitrogens with one attached hydrogen (secondary N) is 2. The Kier molecular flexibility index (Phi) is 6.64. The summed E-state index contributed by atoms with van der Waals surface area (Å²) in [5.74, 6) is -0.477. The maximum atomic E-state index is 13.1. The molecule has 2 aromatic heterocycles. The van der Waals surface area contributed by atoms with Gasteiger partial charge in [-0.15, -0.1) is 5.10 Å². The summed E-state index contributed by atoms with van der Waals surface area (Å²) in [6.45, 7) is 5.80. The van der Waals surface area contributed by atoms with E-state index < -0.39 is 15.9 Å². The Morgan fingerprint density at radius 2 is 1.76 bits per heavy atom. The summed E-state index contributed by atoms with van der Waals surface area (Å²) < 4.78 is 30.5. The lowest BCUT2D eigenvalue weighted by atomic mass is 10.1. The van der Waals surface area contributed by atoms with Crippen molar-refractivity contribution in [3.05, 3.63) is 107 Å². The van der Waals surface area contributed by atoms with Gasteiger partial charge in [0.15, 0.2) is 5.69 Å². The number of benzene rings is 3. The molecule has 0 radical (unpaired) electrons. The predicted octanol–water partition coefficient (Wildman–Crippen LogP) is 4.85. The van der Waals surface area contributed by atoms with E-state index in [-0.39, 0.29) is 10.6 Å². The third kappa shape index (κ3) is 5.25. The molecule has 38 heavy (non-hydrogen) atoms. The van der Waals surface area contributed by atoms with Gasteiger partial charge in [0.1, 0.15) is 0 Å². The molecule has 0 aliphatic rings. The third-order valence-electron chi connectivity index (χ3n) is 6.20. The number of nitrogens with zero attached hydrogens (tertiary/aromatic N) is 4. The van der Waals surface area contributed by atoms with Crippen LogP contribution >= 0.6 is 0 Å². The first-order chi connectivity index (χ1) is 18.2. The van der Waals surface area contributed by atoms with E-state index in [9.17, 15) is 13.2 Å². The quantitative estimate of drug-likeness (QED) is 0.313. The topological polar surface area (TPSA) is 119 Å². The average molecular weight is 527 g/mol. The van der Waals surface area contributed by atoms with Gasteiger partial charge in [0.05, 0.1) is 22.7 Å². The van der Waals surface area contributed by atoms with Gasteiger partial charge in [-0.2, -0.15) is 0 Å². The Morgan fingerprint density at radius 1 is 0.921 bits per heavy atom. The number of hydrogen-bond donors (Lipinski definition) is 2. The second-order valence-corrected chi connectivity index (χ2v) is 10.8. The van der Waals surface area contributed by atoms with Crippen LogP contribution in [0.3, 0.4) is 0 Å². The predicted molar refractivity (Wildman–Crippen MR) is 147 cm³/mol. The maximum Gasteiger partial charge on any atom is 0.278 e. The third-order valence-corrected chi connectivity index (χ3v) is 7.73. The van der Waals surface area contributed by atoms with Crippen LogP contribution in [0.5, 0.6) is 0 Å². The number of rotatable bonds is 7. The van der Waals surface area contributed by atoms with E-state index in [0.717, 1.165) is 22.0 Å². The van der Waals surface area contributed by atoms with Gasteiger partial charge in [-0.1, -0.05) is 35.5 Å². The number of aryl methyl sites for hydroxylation is 2. The lowest BCUT2D eigenvalue weighted by Crippen LogP contribution is -2.17. The maximum absolute atomic E-state index is 13.1. The monoisotopic (exact) mass is 526 g/mol. The molecule has 1 amide bonds. The van der Waals surface area contributed by atoms with Crippen LogP contribution in [0.2, 0.25) is 0 Å². The van der Waals surface area contributed by atoms with E-state index in [4.69, 9.17) is 0 Å². The zero-order valence-electron chi connectivity index (χ0n) is 21.1. The Hall–Kier alpha value is -4.57. The van der Waals surface area contributed by atoms with Gasteiger partial charge in [0.2, 0.25) is 0 Å². The lowest BCUT2D eigenvalue weighted by Gasteiger charge is -2.13. The Labute approximate surface area is 220 Å². The van der Waals surface area contributed by atoms with Crippen LogP contribution in [-0.4, -0.2) is 34.3 Å². The summed E-state index contributed by atoms with van der Waals surface area (Å²) in [4.78, 5) is 17.5. The molecule has 0 aliphatic heterocycles. The van der Waals surface area contributed by atoms with Crippen LogP contribution in [0.25, 0.3) is 10.9 Å². The number of fused-ring (bicyclic) bond motifs is 1. The molecule has 9 nitrogen and oxygen atoms in total. The number of amides is 1.